The van der Waals surface area contributed by atoms with Crippen LogP contribution >= 0.6 is 0 Å². The predicted molar refractivity (Wildman–Crippen MR) is 88.1 cm³/mol. The molecule has 0 aliphatic heterocycles. The third-order valence-electron chi connectivity index (χ3n) is 4.71. The molecule has 3 unspecified atom stereocenters. The first-order valence-electron chi connectivity index (χ1n) is 8.43. The largest absolute Gasteiger partial charge is 0.314 e. The Morgan fingerprint density at radius 3 is 2.55 bits per heavy atom. The van der Waals surface area contributed by atoms with Crippen LogP contribution in [0.15, 0.2) is 30.3 Å². The van der Waals surface area contributed by atoms with E-state index < -0.39 is 0 Å². The molecule has 1 aliphatic carbocycles. The summed E-state index contributed by atoms with van der Waals surface area (Å²) in [7, 11) is 0. The van der Waals surface area contributed by atoms with Gasteiger partial charge >= 0.3 is 0 Å². The van der Waals surface area contributed by atoms with Gasteiger partial charge in [-0.3, -0.25) is 0 Å². The van der Waals surface area contributed by atoms with Crippen molar-refractivity contribution >= 4 is 0 Å². The van der Waals surface area contributed by atoms with E-state index >= 15 is 0 Å². The van der Waals surface area contributed by atoms with E-state index in [0.717, 1.165) is 18.4 Å². The Morgan fingerprint density at radius 1 is 1.15 bits per heavy atom. The molecule has 3 atom stereocenters. The minimum atomic E-state index is 0.575. The van der Waals surface area contributed by atoms with E-state index in [1.807, 2.05) is 0 Å². The zero-order valence-corrected chi connectivity index (χ0v) is 13.4. The summed E-state index contributed by atoms with van der Waals surface area (Å²) in [6.45, 7) is 8.03. The third-order valence-corrected chi connectivity index (χ3v) is 4.71. The second-order valence-electron chi connectivity index (χ2n) is 7.04. The van der Waals surface area contributed by atoms with E-state index in [9.17, 15) is 0 Å². The number of nitrogens with one attached hydrogen (secondary N) is 1. The van der Waals surface area contributed by atoms with Crippen molar-refractivity contribution in [1.29, 1.82) is 0 Å². The zero-order valence-electron chi connectivity index (χ0n) is 13.4. The fourth-order valence-corrected chi connectivity index (χ4v) is 3.62. The SMILES string of the molecule is CC1CCCC(CC(CNC(C)C)c2ccccc2)C1. The molecule has 1 aromatic carbocycles. The fourth-order valence-electron chi connectivity index (χ4n) is 3.62. The maximum Gasteiger partial charge on any atom is 0.00226 e. The molecule has 0 saturated heterocycles. The van der Waals surface area contributed by atoms with Gasteiger partial charge in [0.1, 0.15) is 0 Å². The Kier molecular flexibility index (Phi) is 6.09. The highest BCUT2D eigenvalue weighted by molar-refractivity contribution is 5.20. The lowest BCUT2D eigenvalue weighted by atomic mass is 9.77. The number of benzene rings is 1. The van der Waals surface area contributed by atoms with Crippen LogP contribution in [-0.4, -0.2) is 12.6 Å². The standard InChI is InChI=1S/C19H31N/c1-15(2)20-14-19(18-10-5-4-6-11-18)13-17-9-7-8-16(3)12-17/h4-6,10-11,15-17,19-20H,7-9,12-14H2,1-3H3. The highest BCUT2D eigenvalue weighted by Gasteiger charge is 2.23. The molecule has 1 nitrogen and oxygen atoms in total. The van der Waals surface area contributed by atoms with Crippen LogP contribution in [0.1, 0.15) is 64.4 Å². The van der Waals surface area contributed by atoms with Crippen LogP contribution in [0.3, 0.4) is 0 Å². The highest BCUT2D eigenvalue weighted by Crippen LogP contribution is 2.35. The second kappa shape index (κ2) is 7.83. The molecule has 2 rings (SSSR count). The van der Waals surface area contributed by atoms with Gasteiger partial charge in [0, 0.05) is 12.6 Å². The van der Waals surface area contributed by atoms with Crippen molar-refractivity contribution < 1.29 is 0 Å². The average Bonchev–Trinajstić information content (AvgIpc) is 2.44. The van der Waals surface area contributed by atoms with Crippen LogP contribution in [0, 0.1) is 11.8 Å². The van der Waals surface area contributed by atoms with Crippen molar-refractivity contribution in [2.45, 2.75) is 64.8 Å². The minimum Gasteiger partial charge on any atom is -0.314 e. The summed E-state index contributed by atoms with van der Waals surface area (Å²) in [5, 5.41) is 3.64. The van der Waals surface area contributed by atoms with Crippen molar-refractivity contribution in [1.82, 2.24) is 5.32 Å². The third kappa shape index (κ3) is 4.94. The lowest BCUT2D eigenvalue weighted by molar-refractivity contribution is 0.254. The minimum absolute atomic E-state index is 0.575. The molecule has 0 bridgehead atoms. The van der Waals surface area contributed by atoms with Crippen molar-refractivity contribution in [3.8, 4) is 0 Å². The monoisotopic (exact) mass is 273 g/mol. The zero-order chi connectivity index (χ0) is 14.4. The summed E-state index contributed by atoms with van der Waals surface area (Å²) in [5.41, 5.74) is 1.51. The van der Waals surface area contributed by atoms with Gasteiger partial charge in [-0.25, -0.2) is 0 Å². The van der Waals surface area contributed by atoms with Gasteiger partial charge in [-0.1, -0.05) is 70.4 Å². The van der Waals surface area contributed by atoms with Gasteiger partial charge in [-0.05, 0) is 36.2 Å². The second-order valence-corrected chi connectivity index (χ2v) is 7.04. The van der Waals surface area contributed by atoms with Gasteiger partial charge in [0.25, 0.3) is 0 Å². The molecule has 1 fully saturated rings. The first-order chi connectivity index (χ1) is 9.65. The van der Waals surface area contributed by atoms with Crippen LogP contribution in [0.5, 0.6) is 0 Å². The summed E-state index contributed by atoms with van der Waals surface area (Å²) < 4.78 is 0. The molecule has 0 radical (unpaired) electrons. The van der Waals surface area contributed by atoms with E-state index in [0.29, 0.717) is 12.0 Å². The molecule has 20 heavy (non-hydrogen) atoms. The molecule has 0 heterocycles. The van der Waals surface area contributed by atoms with Gasteiger partial charge < -0.3 is 5.32 Å². The summed E-state index contributed by atoms with van der Waals surface area (Å²) >= 11 is 0. The van der Waals surface area contributed by atoms with Crippen LogP contribution in [0.2, 0.25) is 0 Å². The Hall–Kier alpha value is -0.820. The average molecular weight is 273 g/mol. The van der Waals surface area contributed by atoms with E-state index in [-0.39, 0.29) is 0 Å². The summed E-state index contributed by atoms with van der Waals surface area (Å²) in [6.07, 6.45) is 7.11. The van der Waals surface area contributed by atoms with Crippen LogP contribution in [-0.2, 0) is 0 Å². The molecule has 1 heteroatoms. The number of rotatable bonds is 6. The van der Waals surface area contributed by atoms with E-state index in [4.69, 9.17) is 0 Å². The van der Waals surface area contributed by atoms with Crippen LogP contribution in [0.25, 0.3) is 0 Å². The van der Waals surface area contributed by atoms with Crippen molar-refractivity contribution in [2.24, 2.45) is 11.8 Å². The lowest BCUT2D eigenvalue weighted by Crippen LogP contribution is -2.29. The van der Waals surface area contributed by atoms with Gasteiger partial charge in [-0.15, -0.1) is 0 Å². The lowest BCUT2D eigenvalue weighted by Gasteiger charge is -2.30. The maximum absolute atomic E-state index is 3.64. The molecule has 1 aliphatic rings. The normalized spacial score (nSPS) is 24.8. The number of hydrogen-bond donors (Lipinski definition) is 1. The summed E-state index contributed by atoms with van der Waals surface area (Å²) in [6, 6.07) is 11.7. The van der Waals surface area contributed by atoms with Gasteiger partial charge in [0.15, 0.2) is 0 Å². The molecule has 0 aromatic heterocycles. The Labute approximate surface area is 125 Å². The topological polar surface area (TPSA) is 12.0 Å². The molecular weight excluding hydrogens is 242 g/mol. The van der Waals surface area contributed by atoms with Crippen molar-refractivity contribution in [3.05, 3.63) is 35.9 Å². The molecule has 1 saturated carbocycles. The summed E-state index contributed by atoms with van der Waals surface area (Å²) in [5.74, 6) is 2.54. The first-order valence-corrected chi connectivity index (χ1v) is 8.43. The predicted octanol–water partition coefficient (Wildman–Crippen LogP) is 4.98. The Morgan fingerprint density at radius 2 is 1.90 bits per heavy atom. The Bertz CT molecular complexity index is 371. The van der Waals surface area contributed by atoms with Crippen LogP contribution in [0.4, 0.5) is 0 Å². The van der Waals surface area contributed by atoms with Gasteiger partial charge in [0.05, 0.1) is 0 Å². The van der Waals surface area contributed by atoms with E-state index in [1.165, 1.54) is 37.7 Å². The first kappa shape index (κ1) is 15.6. The molecular formula is C19H31N. The van der Waals surface area contributed by atoms with Gasteiger partial charge in [0.2, 0.25) is 0 Å². The Balaban J connectivity index is 1.98. The van der Waals surface area contributed by atoms with E-state index in [2.05, 4.69) is 56.4 Å². The highest BCUT2D eigenvalue weighted by atomic mass is 14.9. The van der Waals surface area contributed by atoms with Crippen molar-refractivity contribution in [3.63, 3.8) is 0 Å². The molecule has 1 N–H and O–H groups in total. The number of hydrogen-bond acceptors (Lipinski definition) is 1. The van der Waals surface area contributed by atoms with Crippen molar-refractivity contribution in [2.75, 3.05) is 6.54 Å². The maximum atomic E-state index is 3.64. The fraction of sp³-hybridized carbons (Fsp3) is 0.684. The summed E-state index contributed by atoms with van der Waals surface area (Å²) in [4.78, 5) is 0. The molecule has 112 valence electrons. The smallest absolute Gasteiger partial charge is 0.00226 e. The quantitative estimate of drug-likeness (QED) is 0.770. The van der Waals surface area contributed by atoms with E-state index in [1.54, 1.807) is 0 Å². The molecule has 0 amide bonds. The molecule has 1 aromatic rings. The van der Waals surface area contributed by atoms with Crippen LogP contribution < -0.4 is 5.32 Å². The molecule has 0 spiro atoms. The van der Waals surface area contributed by atoms with Gasteiger partial charge in [-0.2, -0.15) is 0 Å².